The first-order valence-corrected chi connectivity index (χ1v) is 10.1. The van der Waals surface area contributed by atoms with Crippen molar-refractivity contribution in [2.75, 3.05) is 23.3 Å². The zero-order valence-corrected chi connectivity index (χ0v) is 16.6. The minimum Gasteiger partial charge on any atom is -0.338 e. The number of benzene rings is 1. The first-order valence-electron chi connectivity index (χ1n) is 8.93. The van der Waals surface area contributed by atoms with Gasteiger partial charge in [-0.15, -0.1) is 10.2 Å². The highest BCUT2D eigenvalue weighted by molar-refractivity contribution is 7.18. The van der Waals surface area contributed by atoms with Crippen molar-refractivity contribution in [3.05, 3.63) is 41.7 Å². The van der Waals surface area contributed by atoms with E-state index in [1.54, 1.807) is 17.3 Å². The van der Waals surface area contributed by atoms with Gasteiger partial charge >= 0.3 is 6.03 Å². The van der Waals surface area contributed by atoms with Crippen molar-refractivity contribution >= 4 is 56.5 Å². The number of anilines is 3. The number of aromatic amines is 1. The predicted octanol–water partition coefficient (Wildman–Crippen LogP) is 3.79. The summed E-state index contributed by atoms with van der Waals surface area (Å²) in [7, 11) is 0. The van der Waals surface area contributed by atoms with E-state index >= 15 is 0 Å². The number of H-pyrrole nitrogens is 1. The maximum Gasteiger partial charge on any atom is 0.323 e. The zero-order chi connectivity index (χ0) is 19.8. The Bertz CT molecular complexity index is 1210. The summed E-state index contributed by atoms with van der Waals surface area (Å²) in [5, 5.41) is 24.1. The summed E-state index contributed by atoms with van der Waals surface area (Å²) in [4.78, 5) is 18.0. The highest BCUT2D eigenvalue weighted by atomic mass is 35.5. The fourth-order valence-electron chi connectivity index (χ4n) is 3.13. The second-order valence-corrected chi connectivity index (χ2v) is 7.79. The van der Waals surface area contributed by atoms with E-state index in [9.17, 15) is 4.79 Å². The fraction of sp³-hybridized carbons (Fsp3) is 0.167. The molecule has 0 atom stereocenters. The van der Waals surface area contributed by atoms with E-state index in [0.717, 1.165) is 28.6 Å². The Balaban J connectivity index is 1.40. The van der Waals surface area contributed by atoms with Crippen LogP contribution in [0.15, 0.2) is 36.7 Å². The van der Waals surface area contributed by atoms with Gasteiger partial charge in [0.15, 0.2) is 0 Å². The van der Waals surface area contributed by atoms with Crippen molar-refractivity contribution in [1.29, 1.82) is 0 Å². The second-order valence-electron chi connectivity index (χ2n) is 6.44. The van der Waals surface area contributed by atoms with E-state index in [2.05, 4.69) is 36.0 Å². The number of rotatable bonds is 4. The molecule has 1 aliphatic rings. The van der Waals surface area contributed by atoms with Gasteiger partial charge in [-0.25, -0.2) is 9.78 Å². The van der Waals surface area contributed by atoms with Crippen LogP contribution in [0.4, 0.5) is 21.4 Å². The summed E-state index contributed by atoms with van der Waals surface area (Å²) in [6.07, 6.45) is 4.24. The lowest BCUT2D eigenvalue weighted by molar-refractivity contribution is 0.242. The SMILES string of the molecule is O=C1NCCCN1c1cc(-c2nnc(Nc3ccc4[nH]ncc4c3Cl)s2)ccn1. The van der Waals surface area contributed by atoms with Gasteiger partial charge in [-0.3, -0.25) is 10.00 Å². The molecule has 11 heteroatoms. The standard InChI is InChI=1S/C18H15ClN8OS/c19-15-11-9-22-24-12(11)2-3-13(15)23-17-26-25-16(29-17)10-4-6-20-14(8-10)27-7-1-5-21-18(27)28/h2-4,6,8-9H,1,5,7H2,(H,21,28)(H,22,24)(H,23,26). The van der Waals surface area contributed by atoms with Crippen molar-refractivity contribution in [2.24, 2.45) is 0 Å². The smallest absolute Gasteiger partial charge is 0.323 e. The minimum absolute atomic E-state index is 0.134. The lowest BCUT2D eigenvalue weighted by Gasteiger charge is -2.26. The maximum absolute atomic E-state index is 12.1. The summed E-state index contributed by atoms with van der Waals surface area (Å²) in [5.74, 6) is 0.595. The van der Waals surface area contributed by atoms with Gasteiger partial charge in [-0.05, 0) is 30.7 Å². The highest BCUT2D eigenvalue weighted by Crippen LogP contribution is 2.34. The highest BCUT2D eigenvalue weighted by Gasteiger charge is 2.21. The van der Waals surface area contributed by atoms with E-state index in [1.165, 1.54) is 11.3 Å². The Hall–Kier alpha value is -3.24. The second kappa shape index (κ2) is 7.30. The van der Waals surface area contributed by atoms with Crippen molar-refractivity contribution in [3.63, 3.8) is 0 Å². The third kappa shape index (κ3) is 3.36. The molecule has 5 rings (SSSR count). The third-order valence-electron chi connectivity index (χ3n) is 4.57. The van der Waals surface area contributed by atoms with E-state index in [4.69, 9.17) is 11.6 Å². The van der Waals surface area contributed by atoms with Crippen LogP contribution >= 0.6 is 22.9 Å². The van der Waals surface area contributed by atoms with Gasteiger partial charge in [0.2, 0.25) is 5.13 Å². The molecule has 0 unspecified atom stereocenters. The van der Waals surface area contributed by atoms with E-state index < -0.39 is 0 Å². The van der Waals surface area contributed by atoms with E-state index in [1.807, 2.05) is 24.3 Å². The average Bonchev–Trinajstić information content (AvgIpc) is 3.41. The minimum atomic E-state index is -0.134. The molecule has 1 aliphatic heterocycles. The number of aromatic nitrogens is 5. The van der Waals surface area contributed by atoms with E-state index in [-0.39, 0.29) is 6.03 Å². The third-order valence-corrected chi connectivity index (χ3v) is 5.87. The Labute approximate surface area is 174 Å². The van der Waals surface area contributed by atoms with Crippen molar-refractivity contribution in [2.45, 2.75) is 6.42 Å². The van der Waals surface area contributed by atoms with Gasteiger partial charge in [-0.1, -0.05) is 22.9 Å². The van der Waals surface area contributed by atoms with Crippen LogP contribution in [0.2, 0.25) is 5.02 Å². The predicted molar refractivity (Wildman–Crippen MR) is 113 cm³/mol. The van der Waals surface area contributed by atoms with Gasteiger partial charge in [0.1, 0.15) is 10.8 Å². The molecule has 9 nitrogen and oxygen atoms in total. The molecule has 4 heterocycles. The molecule has 3 N–H and O–H groups in total. The van der Waals surface area contributed by atoms with Gasteiger partial charge in [-0.2, -0.15) is 5.10 Å². The summed E-state index contributed by atoms with van der Waals surface area (Å²) < 4.78 is 0. The number of nitrogens with zero attached hydrogens (tertiary/aromatic N) is 5. The number of nitrogens with one attached hydrogen (secondary N) is 3. The van der Waals surface area contributed by atoms with Gasteiger partial charge < -0.3 is 10.6 Å². The van der Waals surface area contributed by atoms with Crippen LogP contribution in [-0.2, 0) is 0 Å². The number of fused-ring (bicyclic) bond motifs is 1. The van der Waals surface area contributed by atoms with Crippen molar-refractivity contribution < 1.29 is 4.79 Å². The molecule has 1 fully saturated rings. The molecule has 0 spiro atoms. The average molecular weight is 427 g/mol. The molecule has 146 valence electrons. The molecule has 0 saturated carbocycles. The first kappa shape index (κ1) is 17.8. The van der Waals surface area contributed by atoms with Crippen LogP contribution in [0, 0.1) is 0 Å². The molecule has 2 amide bonds. The Morgan fingerprint density at radius 3 is 3.07 bits per heavy atom. The molecular formula is C18H15ClN8OS. The Kier molecular flexibility index (Phi) is 4.49. The molecule has 0 aliphatic carbocycles. The summed E-state index contributed by atoms with van der Waals surface area (Å²) in [5.41, 5.74) is 2.43. The van der Waals surface area contributed by atoms with Gasteiger partial charge in [0.25, 0.3) is 0 Å². The molecule has 1 saturated heterocycles. The molecule has 0 radical (unpaired) electrons. The number of pyridine rings is 1. The maximum atomic E-state index is 12.1. The first-order chi connectivity index (χ1) is 14.2. The molecule has 29 heavy (non-hydrogen) atoms. The summed E-state index contributed by atoms with van der Waals surface area (Å²) in [6, 6.07) is 7.32. The van der Waals surface area contributed by atoms with E-state index in [0.29, 0.717) is 34.1 Å². The molecule has 4 aromatic rings. The summed E-state index contributed by atoms with van der Waals surface area (Å²) >= 11 is 7.85. The number of hydrogen-bond acceptors (Lipinski definition) is 7. The number of halogens is 1. The molecule has 3 aromatic heterocycles. The molecular weight excluding hydrogens is 412 g/mol. The van der Waals surface area contributed by atoms with Crippen LogP contribution in [-0.4, -0.2) is 44.5 Å². The normalized spacial score (nSPS) is 14.2. The zero-order valence-electron chi connectivity index (χ0n) is 15.0. The summed E-state index contributed by atoms with van der Waals surface area (Å²) in [6.45, 7) is 1.33. The topological polar surface area (TPSA) is 112 Å². The van der Waals surface area contributed by atoms with Crippen LogP contribution < -0.4 is 15.5 Å². The fourth-order valence-corrected chi connectivity index (χ4v) is 4.15. The quantitative estimate of drug-likeness (QED) is 0.457. The van der Waals surface area contributed by atoms with Crippen LogP contribution in [0.5, 0.6) is 0 Å². The van der Waals surface area contributed by atoms with Gasteiger partial charge in [0.05, 0.1) is 22.4 Å². The molecule has 1 aromatic carbocycles. The van der Waals surface area contributed by atoms with Crippen LogP contribution in [0.25, 0.3) is 21.5 Å². The number of carbonyl (C=O) groups excluding carboxylic acids is 1. The molecule has 0 bridgehead atoms. The number of hydrogen-bond donors (Lipinski definition) is 3. The van der Waals surface area contributed by atoms with Crippen LogP contribution in [0.1, 0.15) is 6.42 Å². The lowest BCUT2D eigenvalue weighted by Crippen LogP contribution is -2.46. The monoisotopic (exact) mass is 426 g/mol. The Morgan fingerprint density at radius 1 is 1.24 bits per heavy atom. The van der Waals surface area contributed by atoms with Crippen molar-refractivity contribution in [3.8, 4) is 10.6 Å². The Morgan fingerprint density at radius 2 is 2.17 bits per heavy atom. The number of carbonyl (C=O) groups is 1. The number of urea groups is 1. The van der Waals surface area contributed by atoms with Crippen LogP contribution in [0.3, 0.4) is 0 Å². The number of amides is 2. The lowest BCUT2D eigenvalue weighted by atomic mass is 10.2. The van der Waals surface area contributed by atoms with Gasteiger partial charge in [0, 0.05) is 30.2 Å². The van der Waals surface area contributed by atoms with Crippen molar-refractivity contribution in [1.82, 2.24) is 30.7 Å². The largest absolute Gasteiger partial charge is 0.338 e.